The third-order valence-corrected chi connectivity index (χ3v) is 4.92. The minimum atomic E-state index is 0.228. The van der Waals surface area contributed by atoms with Crippen LogP contribution in [-0.4, -0.2) is 29.6 Å². The molecule has 1 amide bonds. The highest BCUT2D eigenvalue weighted by molar-refractivity contribution is 7.99. The van der Waals surface area contributed by atoms with Gasteiger partial charge in [-0.05, 0) is 43.4 Å². The molecule has 0 spiro atoms. The lowest BCUT2D eigenvalue weighted by Crippen LogP contribution is -2.37. The number of halogens is 1. The molecule has 0 heterocycles. The number of hydrogen-bond acceptors (Lipinski definition) is 2. The summed E-state index contributed by atoms with van der Waals surface area (Å²) in [5, 5.41) is 0.754. The number of hydrogen-bond donors (Lipinski definition) is 0. The maximum Gasteiger partial charge on any atom is 0.232 e. The van der Waals surface area contributed by atoms with Crippen LogP contribution in [-0.2, 0) is 10.5 Å². The fourth-order valence-electron chi connectivity index (χ4n) is 2.11. The molecule has 0 N–H and O–H groups in total. The molecule has 1 unspecified atom stereocenters. The molecule has 0 saturated heterocycles. The molecule has 0 radical (unpaired) electrons. The fraction of sp³-hybridized carbons (Fsp3) is 0.533. The van der Waals surface area contributed by atoms with Crippen molar-refractivity contribution in [2.45, 2.75) is 31.6 Å². The zero-order valence-corrected chi connectivity index (χ0v) is 13.0. The minimum absolute atomic E-state index is 0.228. The van der Waals surface area contributed by atoms with Crippen LogP contribution in [0, 0.1) is 5.92 Å². The van der Waals surface area contributed by atoms with Crippen LogP contribution in [0.5, 0.6) is 0 Å². The summed E-state index contributed by atoms with van der Waals surface area (Å²) in [6, 6.07) is 8.20. The van der Waals surface area contributed by atoms with Gasteiger partial charge in [0.15, 0.2) is 0 Å². The molecule has 1 atom stereocenters. The van der Waals surface area contributed by atoms with E-state index in [0.29, 0.717) is 11.8 Å². The number of amides is 1. The van der Waals surface area contributed by atoms with E-state index in [9.17, 15) is 4.79 Å². The maximum atomic E-state index is 12.1. The van der Waals surface area contributed by atoms with Gasteiger partial charge in [0.05, 0.1) is 5.75 Å². The van der Waals surface area contributed by atoms with Crippen molar-refractivity contribution in [1.29, 1.82) is 0 Å². The second kappa shape index (κ2) is 6.67. The Bertz CT molecular complexity index is 448. The average molecular weight is 298 g/mol. The Morgan fingerprint density at radius 3 is 2.89 bits per heavy atom. The zero-order valence-electron chi connectivity index (χ0n) is 11.4. The Labute approximate surface area is 124 Å². The number of carbonyl (C=O) groups excluding carboxylic acids is 1. The lowest BCUT2D eigenvalue weighted by atomic mass is 10.2. The summed E-state index contributed by atoms with van der Waals surface area (Å²) >= 11 is 7.59. The van der Waals surface area contributed by atoms with E-state index in [0.717, 1.165) is 16.7 Å². The molecule has 104 valence electrons. The molecule has 1 saturated carbocycles. The molecule has 1 aromatic carbocycles. The molecular weight excluding hydrogens is 278 g/mol. The predicted octanol–water partition coefficient (Wildman–Crippen LogP) is 3.83. The summed E-state index contributed by atoms with van der Waals surface area (Å²) in [6.45, 7) is 2.15. The molecule has 2 rings (SSSR count). The number of nitrogens with zero attached hydrogens (tertiary/aromatic N) is 1. The molecule has 0 bridgehead atoms. The summed E-state index contributed by atoms with van der Waals surface area (Å²) in [7, 11) is 1.92. The van der Waals surface area contributed by atoms with E-state index in [1.54, 1.807) is 11.8 Å². The highest BCUT2D eigenvalue weighted by atomic mass is 35.5. The van der Waals surface area contributed by atoms with Crippen molar-refractivity contribution < 1.29 is 4.79 Å². The Hall–Kier alpha value is -0.670. The van der Waals surface area contributed by atoms with Crippen molar-refractivity contribution in [3.8, 4) is 0 Å². The quantitative estimate of drug-likeness (QED) is 0.795. The second-order valence-electron chi connectivity index (χ2n) is 5.21. The van der Waals surface area contributed by atoms with Crippen LogP contribution < -0.4 is 0 Å². The molecule has 1 aliphatic rings. The lowest BCUT2D eigenvalue weighted by molar-refractivity contribution is -0.129. The van der Waals surface area contributed by atoms with Crippen LogP contribution in [0.25, 0.3) is 0 Å². The number of rotatable bonds is 6. The Balaban J connectivity index is 1.74. The van der Waals surface area contributed by atoms with Crippen LogP contribution in [0.3, 0.4) is 0 Å². The lowest BCUT2D eigenvalue weighted by Gasteiger charge is -2.24. The van der Waals surface area contributed by atoms with Crippen molar-refractivity contribution in [1.82, 2.24) is 4.90 Å². The molecule has 0 aromatic heterocycles. The van der Waals surface area contributed by atoms with Gasteiger partial charge in [-0.25, -0.2) is 0 Å². The Kier molecular flexibility index (Phi) is 5.17. The monoisotopic (exact) mass is 297 g/mol. The van der Waals surface area contributed by atoms with E-state index in [4.69, 9.17) is 11.6 Å². The van der Waals surface area contributed by atoms with Gasteiger partial charge in [0, 0.05) is 23.9 Å². The summed E-state index contributed by atoms with van der Waals surface area (Å²) in [5.74, 6) is 2.33. The fourth-order valence-corrected chi connectivity index (χ4v) is 3.22. The van der Waals surface area contributed by atoms with Gasteiger partial charge < -0.3 is 4.90 Å². The molecular formula is C15H20ClNOS. The molecule has 1 aliphatic carbocycles. The van der Waals surface area contributed by atoms with Crippen molar-refractivity contribution in [2.24, 2.45) is 5.92 Å². The van der Waals surface area contributed by atoms with Gasteiger partial charge in [-0.3, -0.25) is 4.79 Å². The first kappa shape index (κ1) is 14.7. The van der Waals surface area contributed by atoms with Crippen LogP contribution >= 0.6 is 23.4 Å². The van der Waals surface area contributed by atoms with Crippen molar-refractivity contribution >= 4 is 29.3 Å². The molecule has 19 heavy (non-hydrogen) atoms. The molecule has 2 nitrogen and oxygen atoms in total. The largest absolute Gasteiger partial charge is 0.342 e. The first-order valence-corrected chi connectivity index (χ1v) is 8.19. The molecule has 4 heteroatoms. The van der Waals surface area contributed by atoms with E-state index < -0.39 is 0 Å². The van der Waals surface area contributed by atoms with Gasteiger partial charge in [0.1, 0.15) is 0 Å². The Morgan fingerprint density at radius 2 is 2.26 bits per heavy atom. The molecule has 1 fully saturated rings. The van der Waals surface area contributed by atoms with Gasteiger partial charge in [0.2, 0.25) is 5.91 Å². The van der Waals surface area contributed by atoms with E-state index in [-0.39, 0.29) is 5.91 Å². The van der Waals surface area contributed by atoms with E-state index in [2.05, 4.69) is 6.92 Å². The van der Waals surface area contributed by atoms with Crippen molar-refractivity contribution in [3.63, 3.8) is 0 Å². The zero-order chi connectivity index (χ0) is 13.8. The van der Waals surface area contributed by atoms with Gasteiger partial charge in [-0.2, -0.15) is 0 Å². The smallest absolute Gasteiger partial charge is 0.232 e. The third-order valence-electron chi connectivity index (χ3n) is 3.69. The highest BCUT2D eigenvalue weighted by Gasteiger charge is 2.32. The van der Waals surface area contributed by atoms with Gasteiger partial charge >= 0.3 is 0 Å². The van der Waals surface area contributed by atoms with E-state index >= 15 is 0 Å². The van der Waals surface area contributed by atoms with Gasteiger partial charge in [0.25, 0.3) is 0 Å². The second-order valence-corrected chi connectivity index (χ2v) is 6.63. The van der Waals surface area contributed by atoms with Crippen LogP contribution in [0.2, 0.25) is 5.02 Å². The number of thioether (sulfide) groups is 1. The predicted molar refractivity (Wildman–Crippen MR) is 82.6 cm³/mol. The van der Waals surface area contributed by atoms with E-state index in [1.807, 2.05) is 36.2 Å². The normalized spacial score (nSPS) is 16.2. The minimum Gasteiger partial charge on any atom is -0.342 e. The van der Waals surface area contributed by atoms with Crippen LogP contribution in [0.15, 0.2) is 24.3 Å². The maximum absolute atomic E-state index is 12.1. The average Bonchev–Trinajstić information content (AvgIpc) is 3.21. The number of benzene rings is 1. The topological polar surface area (TPSA) is 20.3 Å². The van der Waals surface area contributed by atoms with Gasteiger partial charge in [-0.15, -0.1) is 11.8 Å². The molecule has 0 aliphatic heterocycles. The Morgan fingerprint density at radius 1 is 1.53 bits per heavy atom. The molecule has 1 aromatic rings. The summed E-state index contributed by atoms with van der Waals surface area (Å²) in [6.07, 6.45) is 2.54. The van der Waals surface area contributed by atoms with E-state index in [1.165, 1.54) is 18.4 Å². The van der Waals surface area contributed by atoms with Crippen LogP contribution in [0.4, 0.5) is 0 Å². The summed E-state index contributed by atoms with van der Waals surface area (Å²) < 4.78 is 0. The summed E-state index contributed by atoms with van der Waals surface area (Å²) in [5.41, 5.74) is 1.17. The first-order valence-electron chi connectivity index (χ1n) is 6.66. The number of carbonyl (C=O) groups is 1. The van der Waals surface area contributed by atoms with Crippen molar-refractivity contribution in [2.75, 3.05) is 12.8 Å². The third kappa shape index (κ3) is 4.43. The van der Waals surface area contributed by atoms with Crippen molar-refractivity contribution in [3.05, 3.63) is 34.9 Å². The first-order chi connectivity index (χ1) is 9.08. The van der Waals surface area contributed by atoms with Crippen LogP contribution in [0.1, 0.15) is 25.3 Å². The SMILES string of the molecule is CC(C1CC1)N(C)C(=O)CSCc1cccc(Cl)c1. The standard InChI is InChI=1S/C15H20ClNOS/c1-11(13-6-7-13)17(2)15(18)10-19-9-12-4-3-5-14(16)8-12/h3-5,8,11,13H,6-7,9-10H2,1-2H3. The van der Waals surface area contributed by atoms with Gasteiger partial charge in [-0.1, -0.05) is 23.7 Å². The highest BCUT2D eigenvalue weighted by Crippen LogP contribution is 2.34. The summed E-state index contributed by atoms with van der Waals surface area (Å²) in [4.78, 5) is 14.0.